The number of halogens is 2. The van der Waals surface area contributed by atoms with Crippen LogP contribution in [0.4, 0.5) is 11.4 Å². The van der Waals surface area contributed by atoms with Crippen LogP contribution < -0.4 is 15.8 Å². The van der Waals surface area contributed by atoms with Crippen LogP contribution in [-0.2, 0) is 0 Å². The van der Waals surface area contributed by atoms with E-state index < -0.39 is 0 Å². The molecule has 3 N–H and O–H groups in total. The molecule has 0 fully saturated rings. The van der Waals surface area contributed by atoms with Crippen molar-refractivity contribution < 1.29 is 4.74 Å². The largest absolute Gasteiger partial charge is 0.495 e. The minimum atomic E-state index is 0.234. The quantitative estimate of drug-likeness (QED) is 0.818. The van der Waals surface area contributed by atoms with E-state index in [0.29, 0.717) is 21.4 Å². The van der Waals surface area contributed by atoms with Crippen LogP contribution >= 0.6 is 35.4 Å². The van der Waals surface area contributed by atoms with Gasteiger partial charge in [0.2, 0.25) is 0 Å². The monoisotopic (exact) mass is 326 g/mol. The summed E-state index contributed by atoms with van der Waals surface area (Å²) in [6.45, 7) is 0. The lowest BCUT2D eigenvalue weighted by Crippen LogP contribution is -2.12. The van der Waals surface area contributed by atoms with E-state index in [2.05, 4.69) is 5.32 Å². The summed E-state index contributed by atoms with van der Waals surface area (Å²) in [5.74, 6) is 0.609. The molecule has 0 aliphatic carbocycles. The zero-order valence-electron chi connectivity index (χ0n) is 10.6. The Kier molecular flexibility index (Phi) is 4.70. The van der Waals surface area contributed by atoms with Crippen molar-refractivity contribution >= 4 is 51.8 Å². The van der Waals surface area contributed by atoms with Crippen molar-refractivity contribution in [3.63, 3.8) is 0 Å². The van der Waals surface area contributed by atoms with Gasteiger partial charge in [0.15, 0.2) is 0 Å². The Labute approximate surface area is 132 Å². The number of ether oxygens (including phenoxy) is 1. The molecule has 2 aromatic rings. The van der Waals surface area contributed by atoms with E-state index in [9.17, 15) is 0 Å². The molecular weight excluding hydrogens is 315 g/mol. The first-order valence-corrected chi connectivity index (χ1v) is 6.88. The fourth-order valence-electron chi connectivity index (χ4n) is 1.78. The Morgan fingerprint density at radius 1 is 1.20 bits per heavy atom. The highest BCUT2D eigenvalue weighted by Crippen LogP contribution is 2.31. The summed E-state index contributed by atoms with van der Waals surface area (Å²) in [5.41, 5.74) is 7.83. The lowest BCUT2D eigenvalue weighted by atomic mass is 10.1. The van der Waals surface area contributed by atoms with Crippen molar-refractivity contribution in [2.45, 2.75) is 0 Å². The van der Waals surface area contributed by atoms with Crippen molar-refractivity contribution in [1.29, 1.82) is 0 Å². The number of thiocarbonyl (C=S) groups is 1. The van der Waals surface area contributed by atoms with Gasteiger partial charge in [-0.3, -0.25) is 0 Å². The van der Waals surface area contributed by atoms with Crippen molar-refractivity contribution in [3.8, 4) is 5.75 Å². The van der Waals surface area contributed by atoms with Crippen LogP contribution in [0.1, 0.15) is 5.56 Å². The molecule has 0 aromatic heterocycles. The van der Waals surface area contributed by atoms with E-state index >= 15 is 0 Å². The van der Waals surface area contributed by atoms with Gasteiger partial charge in [-0.2, -0.15) is 0 Å². The highest BCUT2D eigenvalue weighted by molar-refractivity contribution is 7.80. The van der Waals surface area contributed by atoms with Crippen molar-refractivity contribution in [2.75, 3.05) is 12.4 Å². The highest BCUT2D eigenvalue weighted by atomic mass is 35.5. The first-order chi connectivity index (χ1) is 9.52. The predicted molar refractivity (Wildman–Crippen MR) is 88.6 cm³/mol. The number of hydrogen-bond acceptors (Lipinski definition) is 3. The molecule has 0 amide bonds. The third-order valence-electron chi connectivity index (χ3n) is 2.69. The Hall–Kier alpha value is -1.49. The zero-order chi connectivity index (χ0) is 14.7. The second-order valence-corrected chi connectivity index (χ2v) is 5.26. The fourth-order valence-corrected chi connectivity index (χ4v) is 2.59. The van der Waals surface area contributed by atoms with Crippen LogP contribution in [0, 0.1) is 0 Å². The Morgan fingerprint density at radius 2 is 1.95 bits per heavy atom. The SMILES string of the molecule is COc1ccc(Nc2cccc(Cl)c2C(N)=S)cc1Cl. The molecule has 0 saturated carbocycles. The average Bonchev–Trinajstić information content (AvgIpc) is 2.38. The Balaban J connectivity index is 2.38. The molecule has 0 spiro atoms. The number of rotatable bonds is 4. The van der Waals surface area contributed by atoms with Gasteiger partial charge in [0, 0.05) is 5.69 Å². The maximum Gasteiger partial charge on any atom is 0.137 e. The maximum absolute atomic E-state index is 6.12. The molecule has 104 valence electrons. The predicted octanol–water partition coefficient (Wildman–Crippen LogP) is 4.38. The summed E-state index contributed by atoms with van der Waals surface area (Å²) in [6.07, 6.45) is 0. The number of anilines is 2. The lowest BCUT2D eigenvalue weighted by Gasteiger charge is -2.13. The Morgan fingerprint density at radius 3 is 2.55 bits per heavy atom. The van der Waals surface area contributed by atoms with Crippen molar-refractivity contribution in [2.24, 2.45) is 5.73 Å². The lowest BCUT2D eigenvalue weighted by molar-refractivity contribution is 0.415. The van der Waals surface area contributed by atoms with Gasteiger partial charge in [0.25, 0.3) is 0 Å². The van der Waals surface area contributed by atoms with Gasteiger partial charge in [-0.25, -0.2) is 0 Å². The normalized spacial score (nSPS) is 10.2. The highest BCUT2D eigenvalue weighted by Gasteiger charge is 2.10. The summed E-state index contributed by atoms with van der Waals surface area (Å²) in [5, 5.41) is 4.21. The van der Waals surface area contributed by atoms with Crippen LogP contribution in [0.25, 0.3) is 0 Å². The third-order valence-corrected chi connectivity index (χ3v) is 3.51. The van der Waals surface area contributed by atoms with Crippen LogP contribution in [0.2, 0.25) is 10.0 Å². The van der Waals surface area contributed by atoms with Crippen LogP contribution in [0.3, 0.4) is 0 Å². The third kappa shape index (κ3) is 3.15. The van der Waals surface area contributed by atoms with Gasteiger partial charge < -0.3 is 15.8 Å². The summed E-state index contributed by atoms with van der Waals surface area (Å²) in [6, 6.07) is 10.8. The van der Waals surface area contributed by atoms with Crippen molar-refractivity contribution in [3.05, 3.63) is 52.0 Å². The smallest absolute Gasteiger partial charge is 0.137 e. The summed E-state index contributed by atoms with van der Waals surface area (Å²) < 4.78 is 5.11. The molecule has 2 aromatic carbocycles. The van der Waals surface area contributed by atoms with Gasteiger partial charge in [0.05, 0.1) is 28.4 Å². The minimum Gasteiger partial charge on any atom is -0.495 e. The molecule has 0 unspecified atom stereocenters. The second-order valence-electron chi connectivity index (χ2n) is 4.00. The van der Waals surface area contributed by atoms with E-state index in [1.807, 2.05) is 18.2 Å². The second kappa shape index (κ2) is 6.31. The fraction of sp³-hybridized carbons (Fsp3) is 0.0714. The van der Waals surface area contributed by atoms with Crippen LogP contribution in [-0.4, -0.2) is 12.1 Å². The number of benzene rings is 2. The van der Waals surface area contributed by atoms with E-state index in [1.165, 1.54) is 0 Å². The molecule has 0 heterocycles. The molecule has 0 aliphatic heterocycles. The maximum atomic E-state index is 6.12. The number of nitrogens with one attached hydrogen (secondary N) is 1. The van der Waals surface area contributed by atoms with Crippen molar-refractivity contribution in [1.82, 2.24) is 0 Å². The van der Waals surface area contributed by atoms with E-state index in [4.69, 9.17) is 45.9 Å². The molecule has 0 radical (unpaired) electrons. The molecule has 0 saturated heterocycles. The van der Waals surface area contributed by atoms with Gasteiger partial charge in [-0.15, -0.1) is 0 Å². The molecular formula is C14H12Cl2N2OS. The minimum absolute atomic E-state index is 0.234. The first-order valence-electron chi connectivity index (χ1n) is 5.72. The summed E-state index contributed by atoms with van der Waals surface area (Å²) in [7, 11) is 1.57. The molecule has 20 heavy (non-hydrogen) atoms. The van der Waals surface area contributed by atoms with E-state index in [-0.39, 0.29) is 4.99 Å². The van der Waals surface area contributed by atoms with Crippen LogP contribution in [0.15, 0.2) is 36.4 Å². The van der Waals surface area contributed by atoms with E-state index in [1.54, 1.807) is 25.3 Å². The standard InChI is InChI=1S/C14H12Cl2N2OS/c1-19-12-6-5-8(7-10(12)16)18-11-4-2-3-9(15)13(11)14(17)20/h2-7,18H,1H3,(H2,17,20). The molecule has 6 heteroatoms. The molecule has 0 aliphatic rings. The molecule has 0 atom stereocenters. The number of nitrogens with two attached hydrogens (primary N) is 1. The average molecular weight is 327 g/mol. The zero-order valence-corrected chi connectivity index (χ0v) is 12.9. The molecule has 2 rings (SSSR count). The van der Waals surface area contributed by atoms with Gasteiger partial charge in [-0.1, -0.05) is 41.5 Å². The van der Waals surface area contributed by atoms with Gasteiger partial charge >= 0.3 is 0 Å². The Bertz CT molecular complexity index is 662. The van der Waals surface area contributed by atoms with Gasteiger partial charge in [0.1, 0.15) is 10.7 Å². The number of methoxy groups -OCH3 is 1. The summed E-state index contributed by atoms with van der Waals surface area (Å²) >= 11 is 17.2. The van der Waals surface area contributed by atoms with Crippen LogP contribution in [0.5, 0.6) is 5.75 Å². The summed E-state index contributed by atoms with van der Waals surface area (Å²) in [4.78, 5) is 0.234. The van der Waals surface area contributed by atoms with Gasteiger partial charge in [-0.05, 0) is 30.3 Å². The van der Waals surface area contributed by atoms with E-state index in [0.717, 1.165) is 11.4 Å². The molecule has 0 bridgehead atoms. The first kappa shape index (κ1) is 14.9. The topological polar surface area (TPSA) is 47.3 Å². The number of hydrogen-bond donors (Lipinski definition) is 2. The molecule has 3 nitrogen and oxygen atoms in total.